The Morgan fingerprint density at radius 3 is 2.56 bits per heavy atom. The lowest BCUT2D eigenvalue weighted by atomic mass is 10.1. The van der Waals surface area contributed by atoms with Gasteiger partial charge in [-0.2, -0.15) is 5.10 Å². The lowest BCUT2D eigenvalue weighted by Crippen LogP contribution is -2.33. The zero-order chi connectivity index (χ0) is 17.6. The summed E-state index contributed by atoms with van der Waals surface area (Å²) in [7, 11) is 0. The number of nitrogens with zero attached hydrogens (tertiary/aromatic N) is 1. The van der Waals surface area contributed by atoms with Crippen molar-refractivity contribution >= 4 is 22.9 Å². The van der Waals surface area contributed by atoms with Gasteiger partial charge in [-0.3, -0.25) is 4.79 Å². The molecule has 3 aromatic rings. The van der Waals surface area contributed by atoms with Crippen molar-refractivity contribution < 1.29 is 9.53 Å². The van der Waals surface area contributed by atoms with Gasteiger partial charge in [0.15, 0.2) is 6.10 Å². The molecule has 0 bridgehead atoms. The number of hydrogen-bond acceptors (Lipinski definition) is 3. The third-order valence-electron chi connectivity index (χ3n) is 3.97. The zero-order valence-corrected chi connectivity index (χ0v) is 14.3. The molecule has 4 heteroatoms. The van der Waals surface area contributed by atoms with Crippen LogP contribution in [0.3, 0.4) is 0 Å². The molecule has 1 atom stereocenters. The first-order valence-electron chi connectivity index (χ1n) is 8.17. The van der Waals surface area contributed by atoms with Crippen molar-refractivity contribution in [1.29, 1.82) is 0 Å². The first-order valence-corrected chi connectivity index (χ1v) is 8.17. The van der Waals surface area contributed by atoms with Crippen molar-refractivity contribution in [3.8, 4) is 5.75 Å². The fourth-order valence-corrected chi connectivity index (χ4v) is 2.49. The van der Waals surface area contributed by atoms with Gasteiger partial charge in [0.25, 0.3) is 5.91 Å². The summed E-state index contributed by atoms with van der Waals surface area (Å²) in [5.74, 6) is 0.363. The van der Waals surface area contributed by atoms with E-state index in [2.05, 4.69) is 10.5 Å². The summed E-state index contributed by atoms with van der Waals surface area (Å²) >= 11 is 0. The van der Waals surface area contributed by atoms with Gasteiger partial charge >= 0.3 is 0 Å². The Hall–Kier alpha value is -3.14. The summed E-state index contributed by atoms with van der Waals surface area (Å²) < 4.78 is 5.72. The number of aryl methyl sites for hydroxylation is 1. The molecule has 0 aromatic heterocycles. The van der Waals surface area contributed by atoms with E-state index in [9.17, 15) is 4.79 Å². The van der Waals surface area contributed by atoms with Gasteiger partial charge in [-0.25, -0.2) is 5.43 Å². The molecule has 4 nitrogen and oxygen atoms in total. The molecule has 0 unspecified atom stereocenters. The first kappa shape index (κ1) is 16.7. The van der Waals surface area contributed by atoms with Gasteiger partial charge in [0.05, 0.1) is 6.21 Å². The molecular formula is C21H20N2O2. The lowest BCUT2D eigenvalue weighted by Gasteiger charge is -2.13. The standard InChI is InChI=1S/C21H20N2O2/c1-15-7-3-4-10-19(15)14-22-23-21(24)16(2)25-20-12-11-17-8-5-6-9-18(17)13-20/h3-14,16H,1-2H3,(H,23,24)/b22-14-/t16-/m1/s1. The number of amides is 1. The van der Waals surface area contributed by atoms with Crippen LogP contribution in [-0.4, -0.2) is 18.2 Å². The summed E-state index contributed by atoms with van der Waals surface area (Å²) in [6.45, 7) is 3.70. The Bertz CT molecular complexity index is 918. The number of benzene rings is 3. The first-order chi connectivity index (χ1) is 12.1. The highest BCUT2D eigenvalue weighted by molar-refractivity contribution is 5.86. The number of carbonyl (C=O) groups excluding carboxylic acids is 1. The minimum absolute atomic E-state index is 0.294. The molecule has 1 amide bonds. The highest BCUT2D eigenvalue weighted by atomic mass is 16.5. The number of ether oxygens (including phenoxy) is 1. The molecule has 25 heavy (non-hydrogen) atoms. The van der Waals surface area contributed by atoms with Crippen molar-refractivity contribution in [1.82, 2.24) is 5.43 Å². The number of nitrogens with one attached hydrogen (secondary N) is 1. The summed E-state index contributed by atoms with van der Waals surface area (Å²) in [6, 6.07) is 21.6. The Balaban J connectivity index is 1.61. The second-order valence-corrected chi connectivity index (χ2v) is 5.86. The van der Waals surface area contributed by atoms with Gasteiger partial charge in [-0.05, 0) is 47.9 Å². The van der Waals surface area contributed by atoms with E-state index in [4.69, 9.17) is 4.74 Å². The van der Waals surface area contributed by atoms with E-state index >= 15 is 0 Å². The Kier molecular flexibility index (Phi) is 5.09. The predicted molar refractivity (Wildman–Crippen MR) is 101 cm³/mol. The van der Waals surface area contributed by atoms with Crippen LogP contribution in [0.4, 0.5) is 0 Å². The van der Waals surface area contributed by atoms with Crippen molar-refractivity contribution in [2.75, 3.05) is 0 Å². The van der Waals surface area contributed by atoms with Gasteiger partial charge in [0.1, 0.15) is 5.75 Å². The SMILES string of the molecule is Cc1ccccc1/C=N\NC(=O)[C@@H](C)Oc1ccc2ccccc2c1. The summed E-state index contributed by atoms with van der Waals surface area (Å²) in [5, 5.41) is 6.22. The Labute approximate surface area is 147 Å². The van der Waals surface area contributed by atoms with Crippen molar-refractivity contribution in [3.63, 3.8) is 0 Å². The van der Waals surface area contributed by atoms with Gasteiger partial charge in [-0.15, -0.1) is 0 Å². The van der Waals surface area contributed by atoms with E-state index in [0.29, 0.717) is 5.75 Å². The summed E-state index contributed by atoms with van der Waals surface area (Å²) in [6.07, 6.45) is 0.992. The average molecular weight is 332 g/mol. The molecule has 1 N–H and O–H groups in total. The third-order valence-corrected chi connectivity index (χ3v) is 3.97. The topological polar surface area (TPSA) is 50.7 Å². The van der Waals surface area contributed by atoms with Crippen LogP contribution >= 0.6 is 0 Å². The van der Waals surface area contributed by atoms with Crippen LogP contribution in [0.1, 0.15) is 18.1 Å². The van der Waals surface area contributed by atoms with E-state index in [1.54, 1.807) is 13.1 Å². The molecule has 0 saturated carbocycles. The Morgan fingerprint density at radius 1 is 1.04 bits per heavy atom. The number of hydrogen-bond donors (Lipinski definition) is 1. The molecule has 0 radical (unpaired) electrons. The van der Waals surface area contributed by atoms with E-state index in [0.717, 1.165) is 21.9 Å². The van der Waals surface area contributed by atoms with Crippen LogP contribution in [0.15, 0.2) is 71.8 Å². The Morgan fingerprint density at radius 2 is 1.76 bits per heavy atom. The summed E-state index contributed by atoms with van der Waals surface area (Å²) in [4.78, 5) is 12.1. The molecule has 0 aliphatic heterocycles. The molecule has 0 fully saturated rings. The highest BCUT2D eigenvalue weighted by Gasteiger charge is 2.14. The average Bonchev–Trinajstić information content (AvgIpc) is 2.63. The third kappa shape index (κ3) is 4.23. The molecule has 0 spiro atoms. The summed E-state index contributed by atoms with van der Waals surface area (Å²) in [5.41, 5.74) is 4.58. The molecule has 0 saturated heterocycles. The van der Waals surface area contributed by atoms with Crippen molar-refractivity contribution in [2.45, 2.75) is 20.0 Å². The van der Waals surface area contributed by atoms with E-state index in [1.165, 1.54) is 0 Å². The fourth-order valence-electron chi connectivity index (χ4n) is 2.49. The smallest absolute Gasteiger partial charge is 0.280 e. The van der Waals surface area contributed by atoms with Crippen molar-refractivity contribution in [3.05, 3.63) is 77.9 Å². The fraction of sp³-hybridized carbons (Fsp3) is 0.143. The molecular weight excluding hydrogens is 312 g/mol. The quantitative estimate of drug-likeness (QED) is 0.566. The molecule has 0 aliphatic rings. The normalized spacial score (nSPS) is 12.2. The van der Waals surface area contributed by atoms with Crippen LogP contribution in [0.5, 0.6) is 5.75 Å². The van der Waals surface area contributed by atoms with Crippen LogP contribution < -0.4 is 10.2 Å². The maximum atomic E-state index is 12.1. The molecule has 0 aliphatic carbocycles. The second-order valence-electron chi connectivity index (χ2n) is 5.86. The maximum Gasteiger partial charge on any atom is 0.280 e. The van der Waals surface area contributed by atoms with Crippen LogP contribution in [0.25, 0.3) is 10.8 Å². The van der Waals surface area contributed by atoms with E-state index < -0.39 is 6.10 Å². The van der Waals surface area contributed by atoms with Gasteiger partial charge in [0.2, 0.25) is 0 Å². The molecule has 0 heterocycles. The zero-order valence-electron chi connectivity index (χ0n) is 14.3. The van der Waals surface area contributed by atoms with E-state index in [-0.39, 0.29) is 5.91 Å². The van der Waals surface area contributed by atoms with Gasteiger partial charge in [-0.1, -0.05) is 54.6 Å². The molecule has 3 rings (SSSR count). The minimum atomic E-state index is -0.643. The van der Waals surface area contributed by atoms with Crippen LogP contribution in [0, 0.1) is 6.92 Å². The highest BCUT2D eigenvalue weighted by Crippen LogP contribution is 2.21. The monoisotopic (exact) mass is 332 g/mol. The second kappa shape index (κ2) is 7.62. The molecule has 3 aromatic carbocycles. The number of hydrazone groups is 1. The van der Waals surface area contributed by atoms with Crippen LogP contribution in [-0.2, 0) is 4.79 Å². The minimum Gasteiger partial charge on any atom is -0.481 e. The molecule has 126 valence electrons. The lowest BCUT2D eigenvalue weighted by molar-refractivity contribution is -0.127. The van der Waals surface area contributed by atoms with E-state index in [1.807, 2.05) is 73.7 Å². The van der Waals surface area contributed by atoms with Gasteiger partial charge < -0.3 is 4.74 Å². The maximum absolute atomic E-state index is 12.1. The predicted octanol–water partition coefficient (Wildman–Crippen LogP) is 4.07. The van der Waals surface area contributed by atoms with Crippen molar-refractivity contribution in [2.24, 2.45) is 5.10 Å². The number of fused-ring (bicyclic) bond motifs is 1. The number of rotatable bonds is 5. The van der Waals surface area contributed by atoms with Gasteiger partial charge in [0, 0.05) is 0 Å². The largest absolute Gasteiger partial charge is 0.481 e. The van der Waals surface area contributed by atoms with Crippen LogP contribution in [0.2, 0.25) is 0 Å². The number of carbonyl (C=O) groups is 1.